The van der Waals surface area contributed by atoms with E-state index in [0.717, 1.165) is 12.0 Å². The van der Waals surface area contributed by atoms with Crippen molar-refractivity contribution in [3.63, 3.8) is 0 Å². The van der Waals surface area contributed by atoms with Crippen LogP contribution < -0.4 is 5.32 Å². The summed E-state index contributed by atoms with van der Waals surface area (Å²) in [5.74, 6) is 1.02. The molecule has 116 valence electrons. The highest BCUT2D eigenvalue weighted by Crippen LogP contribution is 2.28. The fourth-order valence-electron chi connectivity index (χ4n) is 4.05. The van der Waals surface area contributed by atoms with E-state index in [1.165, 1.54) is 90.0 Å². The van der Waals surface area contributed by atoms with Crippen LogP contribution in [0.2, 0.25) is 0 Å². The summed E-state index contributed by atoms with van der Waals surface area (Å²) >= 11 is 0. The first-order valence-corrected chi connectivity index (χ1v) is 9.29. The maximum absolute atomic E-state index is 3.87. The van der Waals surface area contributed by atoms with E-state index in [2.05, 4.69) is 18.3 Å². The van der Waals surface area contributed by atoms with Crippen LogP contribution >= 0.6 is 0 Å². The zero-order valence-electron chi connectivity index (χ0n) is 13.6. The van der Waals surface area contributed by atoms with Gasteiger partial charge in [-0.15, -0.1) is 0 Å². The normalized spacial score (nSPS) is 22.6. The van der Waals surface area contributed by atoms with E-state index >= 15 is 0 Å². The van der Waals surface area contributed by atoms with Gasteiger partial charge in [0.2, 0.25) is 0 Å². The second-order valence-electron chi connectivity index (χ2n) is 7.04. The van der Waals surface area contributed by atoms with Crippen LogP contribution in [0.3, 0.4) is 0 Å². The molecule has 1 unspecified atom stereocenters. The zero-order valence-corrected chi connectivity index (χ0v) is 13.6. The minimum Gasteiger partial charge on any atom is -0.314 e. The van der Waals surface area contributed by atoms with Gasteiger partial charge in [0.25, 0.3) is 0 Å². The minimum absolute atomic E-state index is 0.785. The van der Waals surface area contributed by atoms with Crippen LogP contribution in [0.15, 0.2) is 11.6 Å². The molecule has 2 aliphatic carbocycles. The van der Waals surface area contributed by atoms with Crippen LogP contribution in [0, 0.1) is 5.92 Å². The molecule has 1 saturated carbocycles. The minimum atomic E-state index is 0.785. The Morgan fingerprint density at radius 1 is 1.15 bits per heavy atom. The van der Waals surface area contributed by atoms with Crippen molar-refractivity contribution in [3.05, 3.63) is 11.6 Å². The fraction of sp³-hybridized carbons (Fsp3) is 0.895. The van der Waals surface area contributed by atoms with E-state index in [1.807, 2.05) is 0 Å². The average molecular weight is 277 g/mol. The van der Waals surface area contributed by atoms with Crippen molar-refractivity contribution in [2.75, 3.05) is 6.54 Å². The fourth-order valence-corrected chi connectivity index (χ4v) is 4.05. The summed E-state index contributed by atoms with van der Waals surface area (Å²) < 4.78 is 0. The van der Waals surface area contributed by atoms with Crippen molar-refractivity contribution < 1.29 is 0 Å². The van der Waals surface area contributed by atoms with Crippen molar-refractivity contribution in [2.24, 2.45) is 5.92 Å². The molecule has 2 aliphatic rings. The molecule has 20 heavy (non-hydrogen) atoms. The molecule has 0 bridgehead atoms. The van der Waals surface area contributed by atoms with E-state index in [9.17, 15) is 0 Å². The van der Waals surface area contributed by atoms with Gasteiger partial charge < -0.3 is 5.32 Å². The maximum Gasteiger partial charge on any atom is 0.00697 e. The summed E-state index contributed by atoms with van der Waals surface area (Å²) in [6, 6.07) is 0.785. The first kappa shape index (κ1) is 16.1. The standard InChI is InChI=1S/C19H35N/c1-2-9-19(16-18-12-7-4-8-13-18)20-15-14-17-10-5-3-6-11-17/h10,18-20H,2-9,11-16H2,1H3. The summed E-state index contributed by atoms with van der Waals surface area (Å²) in [5.41, 5.74) is 1.72. The molecule has 0 aromatic heterocycles. The largest absolute Gasteiger partial charge is 0.314 e. The molecule has 1 fully saturated rings. The topological polar surface area (TPSA) is 12.0 Å². The Kier molecular flexibility index (Phi) is 7.72. The van der Waals surface area contributed by atoms with Crippen molar-refractivity contribution in [1.82, 2.24) is 5.32 Å². The zero-order chi connectivity index (χ0) is 14.0. The van der Waals surface area contributed by atoms with E-state index < -0.39 is 0 Å². The third kappa shape index (κ3) is 5.99. The molecule has 1 atom stereocenters. The average Bonchev–Trinajstić information content (AvgIpc) is 2.49. The van der Waals surface area contributed by atoms with Gasteiger partial charge in [-0.25, -0.2) is 0 Å². The molecule has 0 heterocycles. The third-order valence-electron chi connectivity index (χ3n) is 5.24. The molecule has 0 aliphatic heterocycles. The molecule has 0 radical (unpaired) electrons. The number of rotatable bonds is 8. The number of allylic oxidation sites excluding steroid dienone is 1. The summed E-state index contributed by atoms with van der Waals surface area (Å²) in [6.45, 7) is 3.54. The van der Waals surface area contributed by atoms with Crippen LogP contribution in [0.4, 0.5) is 0 Å². The molecule has 0 aromatic carbocycles. The predicted molar refractivity (Wildman–Crippen MR) is 89.1 cm³/mol. The molecule has 1 N–H and O–H groups in total. The molecule has 0 spiro atoms. The molecular weight excluding hydrogens is 242 g/mol. The Balaban J connectivity index is 1.66. The first-order chi connectivity index (χ1) is 9.88. The lowest BCUT2D eigenvalue weighted by Gasteiger charge is -2.27. The molecule has 0 aromatic rings. The Bertz CT molecular complexity index is 275. The van der Waals surface area contributed by atoms with Crippen LogP contribution in [0.25, 0.3) is 0 Å². The molecule has 0 amide bonds. The van der Waals surface area contributed by atoms with Gasteiger partial charge in [-0.05, 0) is 57.4 Å². The van der Waals surface area contributed by atoms with Gasteiger partial charge >= 0.3 is 0 Å². The van der Waals surface area contributed by atoms with Gasteiger partial charge in [-0.2, -0.15) is 0 Å². The van der Waals surface area contributed by atoms with Gasteiger partial charge in [0.15, 0.2) is 0 Å². The number of hydrogen-bond acceptors (Lipinski definition) is 1. The lowest BCUT2D eigenvalue weighted by molar-refractivity contribution is 0.290. The van der Waals surface area contributed by atoms with Crippen molar-refractivity contribution in [1.29, 1.82) is 0 Å². The van der Waals surface area contributed by atoms with Gasteiger partial charge in [0, 0.05) is 6.04 Å². The first-order valence-electron chi connectivity index (χ1n) is 9.29. The van der Waals surface area contributed by atoms with Crippen LogP contribution in [0.1, 0.15) is 90.4 Å². The van der Waals surface area contributed by atoms with E-state index in [-0.39, 0.29) is 0 Å². The highest BCUT2D eigenvalue weighted by molar-refractivity contribution is 5.05. The Morgan fingerprint density at radius 3 is 2.70 bits per heavy atom. The maximum atomic E-state index is 3.87. The Labute approximate surface area is 126 Å². The van der Waals surface area contributed by atoms with E-state index in [0.29, 0.717) is 0 Å². The number of nitrogens with one attached hydrogen (secondary N) is 1. The van der Waals surface area contributed by atoms with Crippen LogP contribution in [0.5, 0.6) is 0 Å². The summed E-state index contributed by atoms with van der Waals surface area (Å²) in [7, 11) is 0. The van der Waals surface area contributed by atoms with Crippen molar-refractivity contribution >= 4 is 0 Å². The molecular formula is C19H35N. The quantitative estimate of drug-likeness (QED) is 0.569. The van der Waals surface area contributed by atoms with Gasteiger partial charge in [-0.1, -0.05) is 57.1 Å². The van der Waals surface area contributed by atoms with Crippen LogP contribution in [-0.2, 0) is 0 Å². The molecule has 1 nitrogen and oxygen atoms in total. The molecule has 2 rings (SSSR count). The highest BCUT2D eigenvalue weighted by Gasteiger charge is 2.18. The van der Waals surface area contributed by atoms with Gasteiger partial charge in [0.05, 0.1) is 0 Å². The Morgan fingerprint density at radius 2 is 2.00 bits per heavy atom. The van der Waals surface area contributed by atoms with Crippen LogP contribution in [-0.4, -0.2) is 12.6 Å². The summed E-state index contributed by atoms with van der Waals surface area (Å²) in [5, 5.41) is 3.87. The molecule has 0 saturated heterocycles. The lowest BCUT2D eigenvalue weighted by atomic mass is 9.84. The van der Waals surface area contributed by atoms with Gasteiger partial charge in [-0.3, -0.25) is 0 Å². The SMILES string of the molecule is CCCC(CC1CCCCC1)NCCC1=CCCCC1. The second kappa shape index (κ2) is 9.60. The van der Waals surface area contributed by atoms with E-state index in [4.69, 9.17) is 0 Å². The smallest absolute Gasteiger partial charge is 0.00697 e. The predicted octanol–water partition coefficient (Wildman–Crippen LogP) is 5.61. The molecule has 1 heteroatoms. The summed E-state index contributed by atoms with van der Waals surface area (Å²) in [4.78, 5) is 0. The Hall–Kier alpha value is -0.300. The second-order valence-corrected chi connectivity index (χ2v) is 7.04. The summed E-state index contributed by atoms with van der Waals surface area (Å²) in [6.07, 6.45) is 20.9. The monoisotopic (exact) mass is 277 g/mol. The van der Waals surface area contributed by atoms with Gasteiger partial charge in [0.1, 0.15) is 0 Å². The number of hydrogen-bond donors (Lipinski definition) is 1. The highest BCUT2D eigenvalue weighted by atomic mass is 14.9. The lowest BCUT2D eigenvalue weighted by Crippen LogP contribution is -2.32. The van der Waals surface area contributed by atoms with Crippen molar-refractivity contribution in [2.45, 2.75) is 96.4 Å². The third-order valence-corrected chi connectivity index (χ3v) is 5.24. The van der Waals surface area contributed by atoms with E-state index in [1.54, 1.807) is 5.57 Å². The van der Waals surface area contributed by atoms with Crippen molar-refractivity contribution in [3.8, 4) is 0 Å².